The van der Waals surface area contributed by atoms with E-state index >= 15 is 0 Å². The number of ether oxygens (including phenoxy) is 2. The zero-order valence-electron chi connectivity index (χ0n) is 10.8. The minimum Gasteiger partial charge on any atom is -0.497 e. The van der Waals surface area contributed by atoms with Crippen molar-refractivity contribution >= 4 is 0 Å². The average molecular weight is 254 g/mol. The monoisotopic (exact) mass is 254 g/mol. The predicted octanol–water partition coefficient (Wildman–Crippen LogP) is 1.25. The number of rotatable bonds is 4. The second kappa shape index (κ2) is 6.02. The van der Waals surface area contributed by atoms with Gasteiger partial charge in [0.25, 0.3) is 0 Å². The van der Waals surface area contributed by atoms with Gasteiger partial charge in [-0.15, -0.1) is 0 Å². The van der Waals surface area contributed by atoms with Gasteiger partial charge in [-0.05, 0) is 0 Å². The Kier molecular flexibility index (Phi) is 4.38. The van der Waals surface area contributed by atoms with Crippen LogP contribution >= 0.6 is 0 Å². The van der Waals surface area contributed by atoms with E-state index in [4.69, 9.17) is 9.47 Å². The lowest BCUT2D eigenvalue weighted by molar-refractivity contribution is 0.226. The molecule has 0 atom stereocenters. The Bertz CT molecular complexity index is 406. The summed E-state index contributed by atoms with van der Waals surface area (Å²) in [5.41, 5.74) is 0.597. The molecule has 1 aromatic carbocycles. The number of methoxy groups -OCH3 is 2. The summed E-state index contributed by atoms with van der Waals surface area (Å²) in [6, 6.07) is 3.13. The van der Waals surface area contributed by atoms with Crippen molar-refractivity contribution in [3.63, 3.8) is 0 Å². The topological polar surface area (TPSA) is 33.7 Å². The molecule has 18 heavy (non-hydrogen) atoms. The van der Waals surface area contributed by atoms with Crippen molar-refractivity contribution in [3.05, 3.63) is 23.5 Å². The lowest BCUT2D eigenvalue weighted by Gasteiger charge is -2.28. The van der Waals surface area contributed by atoms with Gasteiger partial charge in [0, 0.05) is 50.4 Å². The molecule has 1 fully saturated rings. The number of benzene rings is 1. The third-order valence-corrected chi connectivity index (χ3v) is 3.18. The van der Waals surface area contributed by atoms with Crippen LogP contribution in [0.5, 0.6) is 11.5 Å². The minimum atomic E-state index is -0.273. The van der Waals surface area contributed by atoms with Gasteiger partial charge in [-0.2, -0.15) is 0 Å². The fourth-order valence-electron chi connectivity index (χ4n) is 2.13. The molecular formula is C13H19FN2O2. The Morgan fingerprint density at radius 2 is 1.94 bits per heavy atom. The van der Waals surface area contributed by atoms with Gasteiger partial charge in [-0.3, -0.25) is 4.90 Å². The maximum Gasteiger partial charge on any atom is 0.135 e. The van der Waals surface area contributed by atoms with E-state index in [1.807, 2.05) is 0 Å². The highest BCUT2D eigenvalue weighted by Crippen LogP contribution is 2.28. The SMILES string of the molecule is COc1cc(F)c(CN2CCNCC2)c(OC)c1. The fourth-order valence-corrected chi connectivity index (χ4v) is 2.13. The molecule has 2 rings (SSSR count). The van der Waals surface area contributed by atoms with Crippen LogP contribution in [0.2, 0.25) is 0 Å². The highest BCUT2D eigenvalue weighted by Gasteiger charge is 2.17. The first-order valence-electron chi connectivity index (χ1n) is 6.08. The number of halogens is 1. The number of hydrogen-bond donors (Lipinski definition) is 1. The fraction of sp³-hybridized carbons (Fsp3) is 0.538. The Balaban J connectivity index is 2.19. The largest absolute Gasteiger partial charge is 0.497 e. The molecule has 0 bridgehead atoms. The van der Waals surface area contributed by atoms with E-state index < -0.39 is 0 Å². The number of piperazine rings is 1. The Morgan fingerprint density at radius 1 is 1.22 bits per heavy atom. The zero-order valence-corrected chi connectivity index (χ0v) is 10.8. The molecule has 0 radical (unpaired) electrons. The quantitative estimate of drug-likeness (QED) is 0.876. The maximum atomic E-state index is 14.0. The van der Waals surface area contributed by atoms with Gasteiger partial charge in [0.2, 0.25) is 0 Å². The van der Waals surface area contributed by atoms with Gasteiger partial charge < -0.3 is 14.8 Å². The molecule has 0 saturated carbocycles. The standard InChI is InChI=1S/C13H19FN2O2/c1-17-10-7-12(14)11(13(8-10)18-2)9-16-5-3-15-4-6-16/h7-8,15H,3-6,9H2,1-2H3. The summed E-state index contributed by atoms with van der Waals surface area (Å²) in [5.74, 6) is 0.753. The molecule has 1 heterocycles. The van der Waals surface area contributed by atoms with E-state index in [-0.39, 0.29) is 5.82 Å². The molecule has 0 spiro atoms. The molecule has 1 aromatic rings. The zero-order chi connectivity index (χ0) is 13.0. The van der Waals surface area contributed by atoms with Crippen LogP contribution in [0.4, 0.5) is 4.39 Å². The lowest BCUT2D eigenvalue weighted by Crippen LogP contribution is -2.43. The molecular weight excluding hydrogens is 235 g/mol. The first-order chi connectivity index (χ1) is 8.74. The van der Waals surface area contributed by atoms with Crippen molar-refractivity contribution in [1.82, 2.24) is 10.2 Å². The van der Waals surface area contributed by atoms with Crippen molar-refractivity contribution in [3.8, 4) is 11.5 Å². The summed E-state index contributed by atoms with van der Waals surface area (Å²) in [6.07, 6.45) is 0. The maximum absolute atomic E-state index is 14.0. The van der Waals surface area contributed by atoms with Crippen LogP contribution in [-0.2, 0) is 6.54 Å². The van der Waals surface area contributed by atoms with E-state index in [0.717, 1.165) is 26.2 Å². The smallest absolute Gasteiger partial charge is 0.135 e. The van der Waals surface area contributed by atoms with Gasteiger partial charge in [0.05, 0.1) is 14.2 Å². The average Bonchev–Trinajstić information content (AvgIpc) is 2.42. The third kappa shape index (κ3) is 2.91. The summed E-state index contributed by atoms with van der Waals surface area (Å²) in [4.78, 5) is 2.21. The van der Waals surface area contributed by atoms with Crippen molar-refractivity contribution in [2.24, 2.45) is 0 Å². The van der Waals surface area contributed by atoms with E-state index in [0.29, 0.717) is 23.6 Å². The van der Waals surface area contributed by atoms with Crippen molar-refractivity contribution in [2.45, 2.75) is 6.54 Å². The molecule has 1 aliphatic rings. The normalized spacial score (nSPS) is 16.6. The van der Waals surface area contributed by atoms with Gasteiger partial charge in [0.1, 0.15) is 17.3 Å². The van der Waals surface area contributed by atoms with Crippen LogP contribution in [0.25, 0.3) is 0 Å². The molecule has 100 valence electrons. The molecule has 0 amide bonds. The molecule has 1 N–H and O–H groups in total. The van der Waals surface area contributed by atoms with E-state index in [1.165, 1.54) is 13.2 Å². The summed E-state index contributed by atoms with van der Waals surface area (Å²) in [5, 5.41) is 3.28. The van der Waals surface area contributed by atoms with Gasteiger partial charge >= 0.3 is 0 Å². The summed E-state index contributed by atoms with van der Waals surface area (Å²) in [7, 11) is 3.07. The van der Waals surface area contributed by atoms with Crippen molar-refractivity contribution in [1.29, 1.82) is 0 Å². The molecule has 1 aliphatic heterocycles. The highest BCUT2D eigenvalue weighted by atomic mass is 19.1. The molecule has 1 saturated heterocycles. The van der Waals surface area contributed by atoms with E-state index in [9.17, 15) is 4.39 Å². The first kappa shape index (κ1) is 13.1. The number of nitrogens with one attached hydrogen (secondary N) is 1. The number of hydrogen-bond acceptors (Lipinski definition) is 4. The van der Waals surface area contributed by atoms with E-state index in [1.54, 1.807) is 13.2 Å². The summed E-state index contributed by atoms with van der Waals surface area (Å²) >= 11 is 0. The van der Waals surface area contributed by atoms with Crippen LogP contribution in [0.3, 0.4) is 0 Å². The molecule has 4 nitrogen and oxygen atoms in total. The van der Waals surface area contributed by atoms with Crippen LogP contribution in [0, 0.1) is 5.82 Å². The second-order valence-corrected chi connectivity index (χ2v) is 4.32. The molecule has 0 aromatic heterocycles. The predicted molar refractivity (Wildman–Crippen MR) is 67.7 cm³/mol. The van der Waals surface area contributed by atoms with Crippen LogP contribution in [-0.4, -0.2) is 45.3 Å². The Hall–Kier alpha value is -1.33. The van der Waals surface area contributed by atoms with Gasteiger partial charge in [0.15, 0.2) is 0 Å². The van der Waals surface area contributed by atoms with Crippen molar-refractivity contribution < 1.29 is 13.9 Å². The van der Waals surface area contributed by atoms with Crippen LogP contribution < -0.4 is 14.8 Å². The highest BCUT2D eigenvalue weighted by molar-refractivity contribution is 5.41. The molecule has 0 unspecified atom stereocenters. The Morgan fingerprint density at radius 3 is 2.56 bits per heavy atom. The Labute approximate surface area is 107 Å². The third-order valence-electron chi connectivity index (χ3n) is 3.18. The second-order valence-electron chi connectivity index (χ2n) is 4.32. The van der Waals surface area contributed by atoms with Crippen LogP contribution in [0.1, 0.15) is 5.56 Å². The lowest BCUT2D eigenvalue weighted by atomic mass is 10.1. The van der Waals surface area contributed by atoms with Gasteiger partial charge in [-0.25, -0.2) is 4.39 Å². The van der Waals surface area contributed by atoms with Crippen molar-refractivity contribution in [2.75, 3.05) is 40.4 Å². The summed E-state index contributed by atoms with van der Waals surface area (Å²) < 4.78 is 24.3. The molecule has 5 heteroatoms. The first-order valence-corrected chi connectivity index (χ1v) is 6.08. The van der Waals surface area contributed by atoms with E-state index in [2.05, 4.69) is 10.2 Å². The number of nitrogens with zero attached hydrogens (tertiary/aromatic N) is 1. The van der Waals surface area contributed by atoms with Crippen LogP contribution in [0.15, 0.2) is 12.1 Å². The molecule has 0 aliphatic carbocycles. The minimum absolute atomic E-state index is 0.273. The summed E-state index contributed by atoms with van der Waals surface area (Å²) in [6.45, 7) is 4.31. The van der Waals surface area contributed by atoms with Gasteiger partial charge in [-0.1, -0.05) is 0 Å².